The molecular formula is C27H26N2O3S. The average molecular weight is 459 g/mol. The number of thioether (sulfide) groups is 1. The Hall–Kier alpha value is -3.12. The minimum absolute atomic E-state index is 0.00688. The maximum Gasteiger partial charge on any atom is 0.336 e. The van der Waals surface area contributed by atoms with Crippen molar-refractivity contribution < 1.29 is 4.42 Å². The molecule has 0 atom stereocenters. The van der Waals surface area contributed by atoms with E-state index in [9.17, 15) is 9.59 Å². The Bertz CT molecular complexity index is 1480. The smallest absolute Gasteiger partial charge is 0.336 e. The number of fused-ring (bicyclic) bond motifs is 2. The van der Waals surface area contributed by atoms with Crippen LogP contribution in [0.15, 0.2) is 79.3 Å². The summed E-state index contributed by atoms with van der Waals surface area (Å²) in [4.78, 5) is 30.3. The first-order chi connectivity index (χ1) is 16.1. The zero-order valence-corrected chi connectivity index (χ0v) is 19.5. The van der Waals surface area contributed by atoms with Gasteiger partial charge in [-0.3, -0.25) is 9.36 Å². The number of hydrogen-bond donors (Lipinski definition) is 0. The first-order valence-corrected chi connectivity index (χ1v) is 12.4. The first kappa shape index (κ1) is 21.7. The molecule has 4 aromatic rings. The molecule has 0 spiro atoms. The lowest BCUT2D eigenvalue weighted by Gasteiger charge is -2.16. The lowest BCUT2D eigenvalue weighted by atomic mass is 9.97. The Morgan fingerprint density at radius 3 is 2.79 bits per heavy atom. The number of aryl methyl sites for hydroxylation is 1. The van der Waals surface area contributed by atoms with Crippen molar-refractivity contribution in [2.75, 3.05) is 0 Å². The van der Waals surface area contributed by atoms with Gasteiger partial charge >= 0.3 is 5.63 Å². The molecule has 0 fully saturated rings. The lowest BCUT2D eigenvalue weighted by molar-refractivity contribution is 0.559. The van der Waals surface area contributed by atoms with Crippen LogP contribution in [0.2, 0.25) is 0 Å². The van der Waals surface area contributed by atoms with Crippen LogP contribution in [0.5, 0.6) is 0 Å². The molecule has 5 nitrogen and oxygen atoms in total. The lowest BCUT2D eigenvalue weighted by Crippen LogP contribution is -2.24. The van der Waals surface area contributed by atoms with Gasteiger partial charge in [0, 0.05) is 23.8 Å². The van der Waals surface area contributed by atoms with Crippen LogP contribution in [0, 0.1) is 6.92 Å². The van der Waals surface area contributed by atoms with Crippen molar-refractivity contribution in [3.63, 3.8) is 0 Å². The molecule has 1 aliphatic carbocycles. The van der Waals surface area contributed by atoms with Crippen molar-refractivity contribution in [3.8, 4) is 0 Å². The van der Waals surface area contributed by atoms with Crippen molar-refractivity contribution >= 4 is 33.6 Å². The number of rotatable bonds is 6. The molecule has 33 heavy (non-hydrogen) atoms. The number of nitrogens with zero attached hydrogens (tertiary/aromatic N) is 2. The molecule has 0 aliphatic heterocycles. The highest BCUT2D eigenvalue weighted by atomic mass is 32.2. The second-order valence-electron chi connectivity index (χ2n) is 8.61. The summed E-state index contributed by atoms with van der Waals surface area (Å²) in [6.45, 7) is 2.59. The second kappa shape index (κ2) is 9.40. The summed E-state index contributed by atoms with van der Waals surface area (Å²) in [5.41, 5.74) is 4.27. The normalized spacial score (nSPS) is 14.0. The zero-order valence-electron chi connectivity index (χ0n) is 18.7. The SMILES string of the molecule is Cc1ccc2c(CSc3nc4ccccc4c(=O)n3CCC3=CCCCC3)cc(=O)oc2c1. The summed E-state index contributed by atoms with van der Waals surface area (Å²) in [7, 11) is 0. The van der Waals surface area contributed by atoms with E-state index in [1.807, 2.05) is 49.4 Å². The number of allylic oxidation sites excluding steroid dienone is 2. The van der Waals surface area contributed by atoms with Crippen LogP contribution in [-0.2, 0) is 12.3 Å². The van der Waals surface area contributed by atoms with Crippen LogP contribution < -0.4 is 11.2 Å². The second-order valence-corrected chi connectivity index (χ2v) is 9.55. The third-order valence-corrected chi connectivity index (χ3v) is 7.24. The highest BCUT2D eigenvalue weighted by Crippen LogP contribution is 2.27. The number of benzene rings is 2. The van der Waals surface area contributed by atoms with E-state index in [0.29, 0.717) is 33.9 Å². The van der Waals surface area contributed by atoms with Crippen LogP contribution in [0.1, 0.15) is 43.2 Å². The Morgan fingerprint density at radius 2 is 1.94 bits per heavy atom. The Balaban J connectivity index is 1.51. The summed E-state index contributed by atoms with van der Waals surface area (Å²) in [6, 6.07) is 14.9. The predicted octanol–water partition coefficient (Wildman–Crippen LogP) is 5.99. The van der Waals surface area contributed by atoms with Gasteiger partial charge in [0.2, 0.25) is 0 Å². The molecule has 2 heterocycles. The van der Waals surface area contributed by atoms with Gasteiger partial charge in [0.05, 0.1) is 10.9 Å². The van der Waals surface area contributed by atoms with Crippen LogP contribution in [0.3, 0.4) is 0 Å². The molecule has 0 bridgehead atoms. The van der Waals surface area contributed by atoms with E-state index in [1.54, 1.807) is 10.6 Å². The maximum atomic E-state index is 13.4. The molecule has 0 saturated heterocycles. The fraction of sp³-hybridized carbons (Fsp3) is 0.296. The van der Waals surface area contributed by atoms with Gasteiger partial charge < -0.3 is 4.42 Å². The minimum Gasteiger partial charge on any atom is -0.423 e. The van der Waals surface area contributed by atoms with Crippen LogP contribution >= 0.6 is 11.8 Å². The van der Waals surface area contributed by atoms with Crippen molar-refractivity contribution in [2.24, 2.45) is 0 Å². The first-order valence-electron chi connectivity index (χ1n) is 11.4. The molecule has 2 aromatic heterocycles. The van der Waals surface area contributed by atoms with Gasteiger partial charge in [-0.25, -0.2) is 9.78 Å². The number of aromatic nitrogens is 2. The molecule has 5 rings (SSSR count). The summed E-state index contributed by atoms with van der Waals surface area (Å²) < 4.78 is 7.21. The van der Waals surface area contributed by atoms with E-state index in [1.165, 1.54) is 30.2 Å². The molecule has 0 amide bonds. The van der Waals surface area contributed by atoms with Crippen LogP contribution in [-0.4, -0.2) is 9.55 Å². The zero-order chi connectivity index (χ0) is 22.8. The van der Waals surface area contributed by atoms with Gasteiger partial charge in [-0.05, 0) is 68.4 Å². The van der Waals surface area contributed by atoms with Crippen molar-refractivity contribution in [1.82, 2.24) is 9.55 Å². The van der Waals surface area contributed by atoms with E-state index in [-0.39, 0.29) is 11.2 Å². The summed E-state index contributed by atoms with van der Waals surface area (Å²) >= 11 is 1.50. The third kappa shape index (κ3) is 4.67. The molecule has 6 heteroatoms. The highest BCUT2D eigenvalue weighted by molar-refractivity contribution is 7.98. The maximum absolute atomic E-state index is 13.4. The van der Waals surface area contributed by atoms with E-state index in [2.05, 4.69) is 6.08 Å². The molecule has 0 unspecified atom stereocenters. The number of hydrogen-bond acceptors (Lipinski definition) is 5. The van der Waals surface area contributed by atoms with Gasteiger partial charge in [0.1, 0.15) is 5.58 Å². The topological polar surface area (TPSA) is 65.1 Å². The molecular weight excluding hydrogens is 432 g/mol. The summed E-state index contributed by atoms with van der Waals surface area (Å²) in [5.74, 6) is 0.526. The van der Waals surface area contributed by atoms with Crippen LogP contribution in [0.4, 0.5) is 0 Å². The molecule has 2 aromatic carbocycles. The molecule has 0 radical (unpaired) electrons. The molecule has 0 N–H and O–H groups in total. The van der Waals surface area contributed by atoms with E-state index >= 15 is 0 Å². The van der Waals surface area contributed by atoms with E-state index < -0.39 is 0 Å². The van der Waals surface area contributed by atoms with Gasteiger partial charge in [-0.2, -0.15) is 0 Å². The highest BCUT2D eigenvalue weighted by Gasteiger charge is 2.14. The van der Waals surface area contributed by atoms with Gasteiger partial charge in [0.15, 0.2) is 5.16 Å². The van der Waals surface area contributed by atoms with Crippen molar-refractivity contribution in [3.05, 3.63) is 92.1 Å². The van der Waals surface area contributed by atoms with Gasteiger partial charge in [0.25, 0.3) is 5.56 Å². The van der Waals surface area contributed by atoms with Crippen molar-refractivity contribution in [1.29, 1.82) is 0 Å². The fourth-order valence-corrected chi connectivity index (χ4v) is 5.46. The summed E-state index contributed by atoms with van der Waals surface area (Å²) in [6.07, 6.45) is 7.91. The number of para-hydroxylation sites is 1. The van der Waals surface area contributed by atoms with E-state index in [0.717, 1.165) is 35.8 Å². The Morgan fingerprint density at radius 1 is 1.06 bits per heavy atom. The Kier molecular flexibility index (Phi) is 6.18. The molecule has 0 saturated carbocycles. The fourth-order valence-electron chi connectivity index (χ4n) is 4.44. The standard InChI is InChI=1S/C27H26N2O3S/c1-18-11-12-21-20(16-25(30)32-24(21)15-18)17-33-27-28-23-10-6-5-9-22(23)26(31)29(27)14-13-19-7-3-2-4-8-19/h5-7,9-12,15-16H,2-4,8,13-14,17H2,1H3. The summed E-state index contributed by atoms with van der Waals surface area (Å²) in [5, 5.41) is 2.24. The minimum atomic E-state index is -0.364. The largest absolute Gasteiger partial charge is 0.423 e. The molecule has 168 valence electrons. The quantitative estimate of drug-likeness (QED) is 0.154. The van der Waals surface area contributed by atoms with E-state index in [4.69, 9.17) is 9.40 Å². The monoisotopic (exact) mass is 458 g/mol. The average Bonchev–Trinajstić information content (AvgIpc) is 2.82. The van der Waals surface area contributed by atoms with Crippen molar-refractivity contribution in [2.45, 2.75) is 56.5 Å². The van der Waals surface area contributed by atoms with Gasteiger partial charge in [-0.1, -0.05) is 47.7 Å². The van der Waals surface area contributed by atoms with Crippen LogP contribution in [0.25, 0.3) is 21.9 Å². The predicted molar refractivity (Wildman–Crippen MR) is 134 cm³/mol. The third-order valence-electron chi connectivity index (χ3n) is 6.21. The Labute approximate surface area is 196 Å². The van der Waals surface area contributed by atoms with Gasteiger partial charge in [-0.15, -0.1) is 0 Å². The molecule has 1 aliphatic rings.